The molecule has 0 heterocycles. The van der Waals surface area contributed by atoms with Gasteiger partial charge >= 0.3 is 0 Å². The van der Waals surface area contributed by atoms with Crippen molar-refractivity contribution in [3.05, 3.63) is 88.4 Å². The molecule has 0 saturated carbocycles. The number of nitrogens with zero attached hydrogens (tertiary/aromatic N) is 2. The van der Waals surface area contributed by atoms with Crippen molar-refractivity contribution >= 4 is 43.5 Å². The summed E-state index contributed by atoms with van der Waals surface area (Å²) in [6.07, 6.45) is 0.745. The first kappa shape index (κ1) is 31.2. The van der Waals surface area contributed by atoms with Crippen molar-refractivity contribution in [2.75, 3.05) is 24.0 Å². The number of carbonyl (C=O) groups excluding carboxylic acids is 2. The third-order valence-corrected chi connectivity index (χ3v) is 8.55. The second-order valence-electron chi connectivity index (χ2n) is 9.34. The molecule has 0 radical (unpaired) electrons. The van der Waals surface area contributed by atoms with E-state index in [1.807, 2.05) is 38.1 Å². The Balaban J connectivity index is 2.07. The van der Waals surface area contributed by atoms with Crippen LogP contribution < -0.4 is 14.4 Å². The van der Waals surface area contributed by atoms with Crippen LogP contribution >= 0.6 is 15.9 Å². The van der Waals surface area contributed by atoms with E-state index in [9.17, 15) is 18.0 Å². The molecule has 0 bridgehead atoms. The molecular formula is C30H36BrN3O5S. The summed E-state index contributed by atoms with van der Waals surface area (Å²) in [5, 5.41) is 2.84. The third-order valence-electron chi connectivity index (χ3n) is 6.28. The number of ether oxygens (including phenoxy) is 1. The Labute approximate surface area is 245 Å². The number of nitrogens with one attached hydrogen (secondary N) is 1. The first-order valence-corrected chi connectivity index (χ1v) is 15.4. The molecule has 2 amide bonds. The Hall–Kier alpha value is -3.37. The normalized spacial score (nSPS) is 11.9. The van der Waals surface area contributed by atoms with Crippen molar-refractivity contribution in [2.24, 2.45) is 0 Å². The number of rotatable bonds is 13. The van der Waals surface area contributed by atoms with E-state index in [0.717, 1.165) is 26.3 Å². The molecule has 0 spiro atoms. The van der Waals surface area contributed by atoms with E-state index in [0.29, 0.717) is 18.9 Å². The number of anilines is 1. The molecule has 214 valence electrons. The molecule has 10 heteroatoms. The Kier molecular flexibility index (Phi) is 11.2. The smallest absolute Gasteiger partial charge is 0.264 e. The second-order valence-corrected chi connectivity index (χ2v) is 12.1. The van der Waals surface area contributed by atoms with Crippen LogP contribution in [-0.4, -0.2) is 50.9 Å². The van der Waals surface area contributed by atoms with Gasteiger partial charge in [-0.05, 0) is 69.2 Å². The van der Waals surface area contributed by atoms with Crippen molar-refractivity contribution < 1.29 is 22.7 Å². The fourth-order valence-corrected chi connectivity index (χ4v) is 5.97. The molecule has 1 atom stereocenters. The van der Waals surface area contributed by atoms with Gasteiger partial charge in [0.15, 0.2) is 0 Å². The highest BCUT2D eigenvalue weighted by atomic mass is 79.9. The fraction of sp³-hybridized carbons (Fsp3) is 0.333. The van der Waals surface area contributed by atoms with Gasteiger partial charge in [0.25, 0.3) is 10.0 Å². The lowest BCUT2D eigenvalue weighted by Crippen LogP contribution is -2.51. The molecule has 0 aliphatic heterocycles. The minimum atomic E-state index is -4.18. The minimum absolute atomic E-state index is 0.0458. The van der Waals surface area contributed by atoms with Crippen LogP contribution in [0.15, 0.2) is 82.2 Å². The van der Waals surface area contributed by atoms with Crippen LogP contribution in [0.2, 0.25) is 0 Å². The van der Waals surface area contributed by atoms with E-state index in [2.05, 4.69) is 21.2 Å². The van der Waals surface area contributed by atoms with Gasteiger partial charge in [-0.3, -0.25) is 13.9 Å². The number of amides is 2. The molecule has 3 aromatic rings. The molecule has 40 heavy (non-hydrogen) atoms. The average molecular weight is 631 g/mol. The quantitative estimate of drug-likeness (QED) is 0.277. The summed E-state index contributed by atoms with van der Waals surface area (Å²) in [5.41, 5.74) is 1.94. The predicted molar refractivity (Wildman–Crippen MR) is 161 cm³/mol. The molecule has 0 aliphatic carbocycles. The summed E-state index contributed by atoms with van der Waals surface area (Å²) in [6, 6.07) is 19.8. The van der Waals surface area contributed by atoms with Gasteiger partial charge in [-0.15, -0.1) is 0 Å². The van der Waals surface area contributed by atoms with Crippen molar-refractivity contribution in [3.63, 3.8) is 0 Å². The Morgan fingerprint density at radius 2 is 1.70 bits per heavy atom. The SMILES string of the molecule is CCCNC(=O)[C@H](C)N(Cc1cccc(Br)c1)C(=O)CN(c1ccccc1OCC)S(=O)(=O)c1ccc(C)cc1. The molecule has 1 N–H and O–H groups in total. The van der Waals surface area contributed by atoms with Gasteiger partial charge in [0.1, 0.15) is 18.3 Å². The average Bonchev–Trinajstić information content (AvgIpc) is 2.93. The van der Waals surface area contributed by atoms with E-state index in [-0.39, 0.29) is 23.0 Å². The molecule has 3 rings (SSSR count). The van der Waals surface area contributed by atoms with Gasteiger partial charge in [0, 0.05) is 17.6 Å². The first-order chi connectivity index (χ1) is 19.1. The van der Waals surface area contributed by atoms with Crippen LogP contribution in [0.3, 0.4) is 0 Å². The molecule has 0 aliphatic rings. The number of benzene rings is 3. The van der Waals surface area contributed by atoms with Crippen LogP contribution in [0.1, 0.15) is 38.3 Å². The lowest BCUT2D eigenvalue weighted by Gasteiger charge is -2.32. The molecule has 0 aromatic heterocycles. The van der Waals surface area contributed by atoms with Crippen molar-refractivity contribution in [1.29, 1.82) is 0 Å². The van der Waals surface area contributed by atoms with Gasteiger partial charge in [-0.25, -0.2) is 8.42 Å². The largest absolute Gasteiger partial charge is 0.492 e. The Morgan fingerprint density at radius 3 is 2.35 bits per heavy atom. The Morgan fingerprint density at radius 1 is 1.00 bits per heavy atom. The number of sulfonamides is 1. The van der Waals surface area contributed by atoms with Gasteiger partial charge in [-0.2, -0.15) is 0 Å². The zero-order valence-electron chi connectivity index (χ0n) is 23.3. The van der Waals surface area contributed by atoms with Crippen LogP contribution in [0.4, 0.5) is 5.69 Å². The van der Waals surface area contributed by atoms with Gasteiger partial charge < -0.3 is 15.0 Å². The number of para-hydroxylation sites is 2. The second kappa shape index (κ2) is 14.3. The fourth-order valence-electron chi connectivity index (χ4n) is 4.10. The standard InChI is InChI=1S/C30H36BrN3O5S/c1-5-18-32-30(36)23(4)33(20-24-10-9-11-25(31)19-24)29(35)21-34(27-12-7-8-13-28(27)39-6-2)40(37,38)26-16-14-22(3)15-17-26/h7-17,19,23H,5-6,18,20-21H2,1-4H3,(H,32,36)/t23-/m0/s1. The third kappa shape index (κ3) is 7.85. The highest BCUT2D eigenvalue weighted by Crippen LogP contribution is 2.33. The van der Waals surface area contributed by atoms with Crippen LogP contribution in [0, 0.1) is 6.92 Å². The molecule has 0 unspecified atom stereocenters. The summed E-state index contributed by atoms with van der Waals surface area (Å²) in [6.45, 7) is 7.63. The van der Waals surface area contributed by atoms with Crippen LogP contribution in [0.25, 0.3) is 0 Å². The van der Waals surface area contributed by atoms with Crippen LogP contribution in [0.5, 0.6) is 5.75 Å². The minimum Gasteiger partial charge on any atom is -0.492 e. The lowest BCUT2D eigenvalue weighted by atomic mass is 10.1. The number of hydrogen-bond acceptors (Lipinski definition) is 5. The topological polar surface area (TPSA) is 96.0 Å². The molecule has 0 saturated heterocycles. The zero-order chi connectivity index (χ0) is 29.3. The van der Waals surface area contributed by atoms with Crippen molar-refractivity contribution in [3.8, 4) is 5.75 Å². The number of aryl methyl sites for hydroxylation is 1. The first-order valence-electron chi connectivity index (χ1n) is 13.2. The van der Waals surface area contributed by atoms with E-state index in [1.54, 1.807) is 50.2 Å². The van der Waals surface area contributed by atoms with Gasteiger partial charge in [-0.1, -0.05) is 64.8 Å². The highest BCUT2D eigenvalue weighted by molar-refractivity contribution is 9.10. The highest BCUT2D eigenvalue weighted by Gasteiger charge is 2.33. The Bertz CT molecular complexity index is 1410. The predicted octanol–water partition coefficient (Wildman–Crippen LogP) is 5.30. The maximum absolute atomic E-state index is 14.0. The van der Waals surface area contributed by atoms with E-state index in [4.69, 9.17) is 4.74 Å². The van der Waals surface area contributed by atoms with Gasteiger partial charge in [0.05, 0.1) is 17.2 Å². The van der Waals surface area contributed by atoms with E-state index < -0.39 is 28.5 Å². The number of hydrogen-bond donors (Lipinski definition) is 1. The number of halogens is 1. The summed E-state index contributed by atoms with van der Waals surface area (Å²) < 4.78 is 35.7. The zero-order valence-corrected chi connectivity index (χ0v) is 25.7. The van der Waals surface area contributed by atoms with E-state index >= 15 is 0 Å². The summed E-state index contributed by atoms with van der Waals surface area (Å²) in [4.78, 5) is 28.5. The molecule has 0 fully saturated rings. The lowest BCUT2D eigenvalue weighted by molar-refractivity contribution is -0.139. The summed E-state index contributed by atoms with van der Waals surface area (Å²) in [5.74, 6) is -0.505. The van der Waals surface area contributed by atoms with Gasteiger partial charge in [0.2, 0.25) is 11.8 Å². The molecular weight excluding hydrogens is 594 g/mol. The van der Waals surface area contributed by atoms with Crippen LogP contribution in [-0.2, 0) is 26.2 Å². The molecule has 3 aromatic carbocycles. The molecule has 8 nitrogen and oxygen atoms in total. The maximum atomic E-state index is 14.0. The monoisotopic (exact) mass is 629 g/mol. The van der Waals surface area contributed by atoms with Crippen molar-refractivity contribution in [2.45, 2.75) is 51.6 Å². The summed E-state index contributed by atoms with van der Waals surface area (Å²) in [7, 11) is -4.18. The number of carbonyl (C=O) groups is 2. The van der Waals surface area contributed by atoms with Crippen molar-refractivity contribution in [1.82, 2.24) is 10.2 Å². The maximum Gasteiger partial charge on any atom is 0.264 e. The summed E-state index contributed by atoms with van der Waals surface area (Å²) >= 11 is 3.46. The van der Waals surface area contributed by atoms with E-state index in [1.165, 1.54) is 17.0 Å².